The van der Waals surface area contributed by atoms with E-state index >= 15 is 0 Å². The molecule has 4 saturated carbocycles. The topological polar surface area (TPSA) is 61.4 Å². The van der Waals surface area contributed by atoms with Crippen LogP contribution < -0.4 is 10.0 Å². The molecule has 3 unspecified atom stereocenters. The number of likely N-dealkylation sites (tertiary alicyclic amines) is 1. The molecule has 1 aliphatic heterocycles. The number of nitrogens with one attached hydrogen (secondary N) is 2. The van der Waals surface area contributed by atoms with E-state index < -0.39 is 22.2 Å². The van der Waals surface area contributed by atoms with Crippen molar-refractivity contribution in [3.05, 3.63) is 30.1 Å². The molecule has 1 saturated heterocycles. The molecule has 5 aliphatic rings. The number of rotatable bonds is 6. The van der Waals surface area contributed by atoms with E-state index in [0.29, 0.717) is 23.2 Å². The zero-order valence-electron chi connectivity index (χ0n) is 18.0. The lowest BCUT2D eigenvalue weighted by atomic mass is 9.50. The van der Waals surface area contributed by atoms with E-state index in [-0.39, 0.29) is 42.3 Å². The number of hydrogen-bond acceptors (Lipinski definition) is 3. The second kappa shape index (κ2) is 7.46. The lowest BCUT2D eigenvalue weighted by molar-refractivity contribution is -0.132. The molecule has 3 atom stereocenters. The average Bonchev–Trinajstić information content (AvgIpc) is 3.04. The Hall–Kier alpha value is -1.58. The van der Waals surface area contributed by atoms with Gasteiger partial charge in [-0.2, -0.15) is 0 Å². The van der Waals surface area contributed by atoms with Crippen LogP contribution in [0.1, 0.15) is 44.9 Å². The standard InChI is InChI=1S/C23H30F3N3O2S/c1-32(31,19-4-2-18(24)3-5-19)28-22-11-16-8-17(12-22)10-21(9-16,14-22)27-13-20(30)29-7-6-23(25,26)15-29/h2-5,16-17,27H,1,6-15H2,(H,28,31). The molecule has 176 valence electrons. The van der Waals surface area contributed by atoms with Crippen LogP contribution in [0, 0.1) is 17.7 Å². The molecule has 0 aromatic heterocycles. The Balaban J connectivity index is 1.31. The number of carbonyl (C=O) groups is 1. The first-order valence-corrected chi connectivity index (χ1v) is 13.0. The van der Waals surface area contributed by atoms with Gasteiger partial charge in [-0.25, -0.2) is 22.1 Å². The Kier molecular flexibility index (Phi) is 5.18. The first-order chi connectivity index (χ1) is 15.0. The fraction of sp³-hybridized carbons (Fsp3) is 0.652. The van der Waals surface area contributed by atoms with Gasteiger partial charge in [0, 0.05) is 28.9 Å². The van der Waals surface area contributed by atoms with Gasteiger partial charge in [0.2, 0.25) is 5.91 Å². The van der Waals surface area contributed by atoms with Crippen molar-refractivity contribution in [3.8, 4) is 0 Å². The minimum atomic E-state index is -2.83. The molecule has 0 spiro atoms. The summed E-state index contributed by atoms with van der Waals surface area (Å²) < 4.78 is 57.2. The first kappa shape index (κ1) is 22.2. The Bertz CT molecular complexity index is 998. The second-order valence-electron chi connectivity index (χ2n) is 10.5. The van der Waals surface area contributed by atoms with Crippen LogP contribution in [0.4, 0.5) is 13.2 Å². The summed E-state index contributed by atoms with van der Waals surface area (Å²) in [5.41, 5.74) is -0.638. The predicted octanol–water partition coefficient (Wildman–Crippen LogP) is 2.95. The molecule has 32 heavy (non-hydrogen) atoms. The third-order valence-electron chi connectivity index (χ3n) is 7.77. The third-order valence-corrected chi connectivity index (χ3v) is 9.57. The van der Waals surface area contributed by atoms with Crippen LogP contribution in [-0.4, -0.2) is 57.5 Å². The van der Waals surface area contributed by atoms with Gasteiger partial charge in [-0.05, 0) is 80.5 Å². The van der Waals surface area contributed by atoms with E-state index in [1.165, 1.54) is 29.2 Å². The largest absolute Gasteiger partial charge is 0.335 e. The summed E-state index contributed by atoms with van der Waals surface area (Å²) in [5.74, 6) is 1.39. The number of amides is 1. The van der Waals surface area contributed by atoms with Gasteiger partial charge in [-0.15, -0.1) is 0 Å². The molecular weight excluding hydrogens is 439 g/mol. The van der Waals surface area contributed by atoms with Crippen molar-refractivity contribution in [2.75, 3.05) is 19.6 Å². The van der Waals surface area contributed by atoms with Gasteiger partial charge in [-0.1, -0.05) is 0 Å². The summed E-state index contributed by atoms with van der Waals surface area (Å²) in [6.45, 7) is -0.361. The highest BCUT2D eigenvalue weighted by Gasteiger charge is 2.58. The summed E-state index contributed by atoms with van der Waals surface area (Å²) in [6.07, 6.45) is 5.22. The maximum absolute atomic E-state index is 13.5. The van der Waals surface area contributed by atoms with Gasteiger partial charge in [0.05, 0.1) is 22.8 Å². The maximum Gasteiger partial charge on any atom is 0.267 e. The van der Waals surface area contributed by atoms with E-state index in [1.54, 1.807) is 0 Å². The van der Waals surface area contributed by atoms with Crippen LogP contribution >= 0.6 is 0 Å². The van der Waals surface area contributed by atoms with Crippen LogP contribution in [0.5, 0.6) is 0 Å². The van der Waals surface area contributed by atoms with Gasteiger partial charge in [0.1, 0.15) is 5.82 Å². The SMILES string of the molecule is C=S(=O)(NC12CC3CC(CC(NCC(=O)N4CCC(F)(F)C4)(C3)C1)C2)c1ccc(F)cc1. The quantitative estimate of drug-likeness (QED) is 0.630. The van der Waals surface area contributed by atoms with Gasteiger partial charge in [0.25, 0.3) is 5.92 Å². The molecule has 6 rings (SSSR count). The summed E-state index contributed by atoms with van der Waals surface area (Å²) >= 11 is 0. The van der Waals surface area contributed by atoms with E-state index in [2.05, 4.69) is 15.9 Å². The number of carbonyl (C=O) groups excluding carboxylic acids is 1. The maximum atomic E-state index is 13.5. The van der Waals surface area contributed by atoms with E-state index in [1.807, 2.05) is 0 Å². The van der Waals surface area contributed by atoms with E-state index in [0.717, 1.165) is 32.1 Å². The highest BCUT2D eigenvalue weighted by atomic mass is 32.2. The van der Waals surface area contributed by atoms with Crippen molar-refractivity contribution in [2.24, 2.45) is 11.8 Å². The second-order valence-corrected chi connectivity index (χ2v) is 12.6. The van der Waals surface area contributed by atoms with Crippen molar-refractivity contribution in [2.45, 2.75) is 66.8 Å². The van der Waals surface area contributed by atoms with Crippen LogP contribution in [0.15, 0.2) is 29.2 Å². The van der Waals surface area contributed by atoms with Crippen LogP contribution in [0.3, 0.4) is 0 Å². The van der Waals surface area contributed by atoms with Crippen molar-refractivity contribution >= 4 is 21.5 Å². The van der Waals surface area contributed by atoms with Crippen LogP contribution in [-0.2, 0) is 14.5 Å². The van der Waals surface area contributed by atoms with Crippen LogP contribution in [0.2, 0.25) is 0 Å². The molecule has 4 aliphatic carbocycles. The molecule has 1 aromatic carbocycles. The van der Waals surface area contributed by atoms with Gasteiger partial charge in [0.15, 0.2) is 0 Å². The highest BCUT2D eigenvalue weighted by Crippen LogP contribution is 2.57. The Morgan fingerprint density at radius 3 is 2.34 bits per heavy atom. The number of nitrogens with zero attached hydrogens (tertiary/aromatic N) is 1. The summed E-state index contributed by atoms with van der Waals surface area (Å²) in [5, 5.41) is 3.45. The van der Waals surface area contributed by atoms with E-state index in [4.69, 9.17) is 0 Å². The minimum Gasteiger partial charge on any atom is -0.335 e. The van der Waals surface area contributed by atoms with Crippen molar-refractivity contribution < 1.29 is 22.2 Å². The first-order valence-electron chi connectivity index (χ1n) is 11.3. The molecular formula is C23H30F3N3O2S. The fourth-order valence-electron chi connectivity index (χ4n) is 6.98. The lowest BCUT2D eigenvalue weighted by Crippen LogP contribution is -2.69. The zero-order chi connectivity index (χ0) is 22.8. The van der Waals surface area contributed by atoms with Gasteiger partial charge < -0.3 is 10.2 Å². The fourth-order valence-corrected chi connectivity index (χ4v) is 8.61. The number of hydrogen-bond donors (Lipinski definition) is 2. The normalized spacial score (nSPS) is 36.9. The van der Waals surface area contributed by atoms with Gasteiger partial charge in [-0.3, -0.25) is 4.79 Å². The molecule has 4 bridgehead atoms. The smallest absolute Gasteiger partial charge is 0.267 e. The monoisotopic (exact) mass is 469 g/mol. The number of benzene rings is 1. The molecule has 2 N–H and O–H groups in total. The Morgan fingerprint density at radius 2 is 1.75 bits per heavy atom. The molecule has 0 radical (unpaired) electrons. The van der Waals surface area contributed by atoms with Crippen LogP contribution in [0.25, 0.3) is 0 Å². The lowest BCUT2D eigenvalue weighted by Gasteiger charge is -2.62. The third kappa shape index (κ3) is 4.19. The number of halogens is 3. The molecule has 5 fully saturated rings. The minimum absolute atomic E-state index is 0.0450. The molecule has 1 heterocycles. The molecule has 1 amide bonds. The van der Waals surface area contributed by atoms with Crippen molar-refractivity contribution in [1.29, 1.82) is 0 Å². The summed E-state index contributed by atoms with van der Waals surface area (Å²) in [7, 11) is -2.83. The Morgan fingerprint density at radius 1 is 1.12 bits per heavy atom. The summed E-state index contributed by atoms with van der Waals surface area (Å²) in [6, 6.07) is 5.60. The average molecular weight is 470 g/mol. The van der Waals surface area contributed by atoms with E-state index in [9.17, 15) is 22.2 Å². The Labute approximate surface area is 187 Å². The highest BCUT2D eigenvalue weighted by molar-refractivity contribution is 7.98. The summed E-state index contributed by atoms with van der Waals surface area (Å²) in [4.78, 5) is 14.3. The predicted molar refractivity (Wildman–Crippen MR) is 117 cm³/mol. The number of alkyl halides is 2. The molecule has 1 aromatic rings. The zero-order valence-corrected chi connectivity index (χ0v) is 18.9. The van der Waals surface area contributed by atoms with Crippen molar-refractivity contribution in [3.63, 3.8) is 0 Å². The van der Waals surface area contributed by atoms with Gasteiger partial charge >= 0.3 is 0 Å². The molecule has 9 heteroatoms. The van der Waals surface area contributed by atoms with Crippen molar-refractivity contribution in [1.82, 2.24) is 14.9 Å². The molecule has 5 nitrogen and oxygen atoms in total.